The van der Waals surface area contributed by atoms with E-state index in [1.807, 2.05) is 0 Å². The van der Waals surface area contributed by atoms with E-state index >= 15 is 0 Å². The van der Waals surface area contributed by atoms with Gasteiger partial charge in [0.25, 0.3) is 0 Å². The van der Waals surface area contributed by atoms with E-state index in [1.165, 1.54) is 6.92 Å². The van der Waals surface area contributed by atoms with Crippen LogP contribution in [0.25, 0.3) is 0 Å². The van der Waals surface area contributed by atoms with Crippen molar-refractivity contribution >= 4 is 17.4 Å². The first-order chi connectivity index (χ1) is 3.92. The van der Waals surface area contributed by atoms with E-state index in [4.69, 9.17) is 11.6 Å². The third-order valence-electron chi connectivity index (χ3n) is 0.536. The van der Waals surface area contributed by atoms with Crippen molar-refractivity contribution in [2.24, 2.45) is 0 Å². The van der Waals surface area contributed by atoms with Crippen molar-refractivity contribution < 1.29 is 4.79 Å². The molecular formula is C7H9ClO. The lowest BCUT2D eigenvalue weighted by atomic mass is 10.2. The summed E-state index contributed by atoms with van der Waals surface area (Å²) in [4.78, 5) is 9.68. The molecule has 0 amide bonds. The van der Waals surface area contributed by atoms with Gasteiger partial charge in [0.2, 0.25) is 5.78 Å². The van der Waals surface area contributed by atoms with Crippen molar-refractivity contribution in [3.05, 3.63) is 0 Å². The number of ketones is 1. The Morgan fingerprint density at radius 1 is 1.56 bits per heavy atom. The van der Waals surface area contributed by atoms with Crippen LogP contribution >= 0.6 is 11.6 Å². The highest BCUT2D eigenvalue weighted by Crippen LogP contribution is 2.09. The van der Waals surface area contributed by atoms with Crippen molar-refractivity contribution in [2.75, 3.05) is 0 Å². The summed E-state index contributed by atoms with van der Waals surface area (Å²) in [6.07, 6.45) is 0. The van der Waals surface area contributed by atoms with E-state index in [0.717, 1.165) is 0 Å². The Hall–Kier alpha value is -0.480. The first-order valence-electron chi connectivity index (χ1n) is 2.64. The van der Waals surface area contributed by atoms with Crippen LogP contribution in [0.5, 0.6) is 0 Å². The second kappa shape index (κ2) is 2.89. The molecule has 0 atom stereocenters. The van der Waals surface area contributed by atoms with Gasteiger partial charge in [0.05, 0.1) is 4.87 Å². The largest absolute Gasteiger partial charge is 0.285 e. The SMILES string of the molecule is CC(=O)C#CC(C)(C)Cl. The van der Waals surface area contributed by atoms with Gasteiger partial charge in [-0.2, -0.15) is 0 Å². The number of rotatable bonds is 0. The Balaban J connectivity index is 4.04. The van der Waals surface area contributed by atoms with Crippen molar-refractivity contribution in [3.63, 3.8) is 0 Å². The lowest BCUT2D eigenvalue weighted by Gasteiger charge is -2.02. The maximum atomic E-state index is 10.3. The molecule has 0 unspecified atom stereocenters. The molecule has 0 saturated heterocycles. The van der Waals surface area contributed by atoms with E-state index < -0.39 is 4.87 Å². The molecule has 0 aliphatic carbocycles. The molecule has 0 bridgehead atoms. The lowest BCUT2D eigenvalue weighted by Crippen LogP contribution is -2.05. The van der Waals surface area contributed by atoms with Crippen LogP contribution in [-0.4, -0.2) is 10.7 Å². The maximum Gasteiger partial charge on any atom is 0.202 e. The fraction of sp³-hybridized carbons (Fsp3) is 0.571. The third kappa shape index (κ3) is 7.52. The van der Waals surface area contributed by atoms with Gasteiger partial charge in [-0.15, -0.1) is 11.6 Å². The molecule has 1 nitrogen and oxygen atoms in total. The lowest BCUT2D eigenvalue weighted by molar-refractivity contribution is -0.111. The second-order valence-corrected chi connectivity index (χ2v) is 3.22. The fourth-order valence-electron chi connectivity index (χ4n) is 0.237. The summed E-state index contributed by atoms with van der Waals surface area (Å²) in [5, 5.41) is 0. The third-order valence-corrected chi connectivity index (χ3v) is 0.630. The minimum Gasteiger partial charge on any atom is -0.285 e. The van der Waals surface area contributed by atoms with Gasteiger partial charge in [-0.25, -0.2) is 0 Å². The molecule has 9 heavy (non-hydrogen) atoms. The number of hydrogen-bond donors (Lipinski definition) is 0. The van der Waals surface area contributed by atoms with Gasteiger partial charge in [0, 0.05) is 6.92 Å². The molecule has 0 aromatic heterocycles. The van der Waals surface area contributed by atoms with Crippen LogP contribution in [0.15, 0.2) is 0 Å². The van der Waals surface area contributed by atoms with E-state index in [0.29, 0.717) is 0 Å². The van der Waals surface area contributed by atoms with Crippen LogP contribution < -0.4 is 0 Å². The number of carbonyl (C=O) groups is 1. The van der Waals surface area contributed by atoms with Crippen LogP contribution in [0.1, 0.15) is 20.8 Å². The average Bonchev–Trinajstić information content (AvgIpc) is 1.59. The van der Waals surface area contributed by atoms with Crippen LogP contribution in [0.2, 0.25) is 0 Å². The van der Waals surface area contributed by atoms with Gasteiger partial charge in [-0.05, 0) is 19.8 Å². The predicted molar refractivity (Wildman–Crippen MR) is 38.4 cm³/mol. The van der Waals surface area contributed by atoms with Crippen molar-refractivity contribution in [1.29, 1.82) is 0 Å². The minimum atomic E-state index is -0.578. The molecule has 0 aliphatic heterocycles. The minimum absolute atomic E-state index is 0.149. The topological polar surface area (TPSA) is 17.1 Å². The average molecular weight is 145 g/mol. The first-order valence-corrected chi connectivity index (χ1v) is 3.02. The van der Waals surface area contributed by atoms with Gasteiger partial charge in [0.1, 0.15) is 0 Å². The molecule has 0 rings (SSSR count). The van der Waals surface area contributed by atoms with Crippen molar-refractivity contribution in [2.45, 2.75) is 25.6 Å². The molecule has 0 heterocycles. The molecule has 0 aliphatic rings. The van der Waals surface area contributed by atoms with E-state index in [2.05, 4.69) is 11.8 Å². The number of carbonyl (C=O) groups excluding carboxylic acids is 1. The van der Waals surface area contributed by atoms with Gasteiger partial charge < -0.3 is 0 Å². The Labute approximate surface area is 60.4 Å². The zero-order chi connectivity index (χ0) is 7.49. The molecule has 0 aromatic carbocycles. The Bertz CT molecular complexity index is 166. The highest BCUT2D eigenvalue weighted by atomic mass is 35.5. The van der Waals surface area contributed by atoms with Gasteiger partial charge in [-0.1, -0.05) is 5.92 Å². The zero-order valence-electron chi connectivity index (χ0n) is 5.79. The summed E-state index contributed by atoms with van der Waals surface area (Å²) in [6, 6.07) is 0. The smallest absolute Gasteiger partial charge is 0.202 e. The number of halogens is 1. The Morgan fingerprint density at radius 2 is 2.00 bits per heavy atom. The number of alkyl halides is 1. The standard InChI is InChI=1S/C7H9ClO/c1-6(9)4-5-7(2,3)8/h1-3H3. The van der Waals surface area contributed by atoms with Crippen molar-refractivity contribution in [3.8, 4) is 11.8 Å². The molecule has 0 saturated carbocycles. The highest BCUT2D eigenvalue weighted by molar-refractivity contribution is 6.25. The quantitative estimate of drug-likeness (QED) is 0.287. The molecule has 0 fully saturated rings. The summed E-state index contributed by atoms with van der Waals surface area (Å²) in [5.41, 5.74) is 0. The summed E-state index contributed by atoms with van der Waals surface area (Å²) < 4.78 is 0. The van der Waals surface area contributed by atoms with E-state index in [9.17, 15) is 4.79 Å². The summed E-state index contributed by atoms with van der Waals surface area (Å²) in [5.74, 6) is 4.80. The van der Waals surface area contributed by atoms with Crippen molar-refractivity contribution in [1.82, 2.24) is 0 Å². The highest BCUT2D eigenvalue weighted by Gasteiger charge is 2.06. The summed E-state index contributed by atoms with van der Waals surface area (Å²) in [7, 11) is 0. The molecule has 50 valence electrons. The molecular weight excluding hydrogens is 136 g/mol. The Morgan fingerprint density at radius 3 is 2.11 bits per heavy atom. The number of hydrogen-bond acceptors (Lipinski definition) is 1. The van der Waals surface area contributed by atoms with Crippen LogP contribution in [0.4, 0.5) is 0 Å². The summed E-state index contributed by atoms with van der Waals surface area (Å²) >= 11 is 5.65. The molecule has 2 heteroatoms. The zero-order valence-corrected chi connectivity index (χ0v) is 6.54. The Kier molecular flexibility index (Phi) is 2.73. The molecule has 0 N–H and O–H groups in total. The van der Waals surface area contributed by atoms with E-state index in [-0.39, 0.29) is 5.78 Å². The molecule has 0 spiro atoms. The predicted octanol–water partition coefficient (Wildman–Crippen LogP) is 1.60. The number of Topliss-reactive ketones (excluding diaryl/α,β-unsaturated/α-hetero) is 1. The van der Waals surface area contributed by atoms with Crippen LogP contribution in [-0.2, 0) is 4.79 Å². The van der Waals surface area contributed by atoms with Gasteiger partial charge in [-0.3, -0.25) is 4.79 Å². The summed E-state index contributed by atoms with van der Waals surface area (Å²) in [6.45, 7) is 4.89. The monoisotopic (exact) mass is 144 g/mol. The second-order valence-electron chi connectivity index (χ2n) is 2.28. The van der Waals surface area contributed by atoms with E-state index in [1.54, 1.807) is 13.8 Å². The fourth-order valence-corrected chi connectivity index (χ4v) is 0.284. The molecule has 0 aromatic rings. The van der Waals surface area contributed by atoms with Gasteiger partial charge in [0.15, 0.2) is 0 Å². The van der Waals surface area contributed by atoms with Crippen LogP contribution in [0.3, 0.4) is 0 Å². The van der Waals surface area contributed by atoms with Gasteiger partial charge >= 0.3 is 0 Å². The normalized spacial score (nSPS) is 9.78. The first kappa shape index (κ1) is 8.52. The molecule has 0 radical (unpaired) electrons. The van der Waals surface area contributed by atoms with Crippen LogP contribution in [0, 0.1) is 11.8 Å². The maximum absolute atomic E-state index is 10.3.